The number of pyridine rings is 1. The molecule has 10 rings (SSSR count). The maximum absolute atomic E-state index is 7.01. The Labute approximate surface area is 301 Å². The van der Waals surface area contributed by atoms with Crippen LogP contribution in [0.4, 0.5) is 0 Å². The summed E-state index contributed by atoms with van der Waals surface area (Å²) in [6, 6.07) is 68.2. The van der Waals surface area contributed by atoms with Crippen LogP contribution in [0.5, 0.6) is 0 Å². The Morgan fingerprint density at radius 1 is 0.385 bits per heavy atom. The lowest BCUT2D eigenvalue weighted by atomic mass is 9.98. The molecule has 0 amide bonds. The smallest absolute Gasteiger partial charge is 0.145 e. The van der Waals surface area contributed by atoms with Gasteiger partial charge in [0.05, 0.1) is 22.1 Å². The largest absolute Gasteiger partial charge is 0.455 e. The number of benzene rings is 7. The van der Waals surface area contributed by atoms with E-state index in [1.807, 2.05) is 12.1 Å². The average molecular weight is 665 g/mol. The minimum absolute atomic E-state index is 0.854. The molecule has 10 aromatic rings. The van der Waals surface area contributed by atoms with Crippen molar-refractivity contribution < 1.29 is 4.42 Å². The van der Waals surface area contributed by atoms with Gasteiger partial charge in [0.15, 0.2) is 0 Å². The Hall–Kier alpha value is -6.97. The molecule has 0 saturated heterocycles. The van der Waals surface area contributed by atoms with Gasteiger partial charge in [-0.05, 0) is 58.1 Å². The molecule has 0 N–H and O–H groups in total. The van der Waals surface area contributed by atoms with Gasteiger partial charge in [-0.3, -0.25) is 4.57 Å². The van der Waals surface area contributed by atoms with Crippen LogP contribution in [0, 0.1) is 0 Å². The molecule has 3 heteroatoms. The lowest BCUT2D eigenvalue weighted by Gasteiger charge is -2.13. The summed E-state index contributed by atoms with van der Waals surface area (Å²) in [5, 5.41) is 3.29. The highest BCUT2D eigenvalue weighted by atomic mass is 16.3. The highest BCUT2D eigenvalue weighted by Gasteiger charge is 2.23. The predicted molar refractivity (Wildman–Crippen MR) is 216 cm³/mol. The monoisotopic (exact) mass is 664 g/mol. The second kappa shape index (κ2) is 12.4. The van der Waals surface area contributed by atoms with E-state index in [4.69, 9.17) is 9.40 Å². The summed E-state index contributed by atoms with van der Waals surface area (Å²) in [6.07, 6.45) is 0. The molecular formula is C49H32N2O. The molecule has 0 aliphatic carbocycles. The van der Waals surface area contributed by atoms with E-state index in [1.54, 1.807) is 0 Å². The van der Waals surface area contributed by atoms with E-state index in [0.717, 1.165) is 83.4 Å². The highest BCUT2D eigenvalue weighted by molar-refractivity contribution is 6.22. The Balaban J connectivity index is 1.23. The van der Waals surface area contributed by atoms with Crippen LogP contribution in [0.1, 0.15) is 0 Å². The standard InChI is InChI=1S/C49H32N2O/c1-5-15-33(16-6-1)34-25-27-35(28-26-34)39-31-42(36-17-7-2-8-18-36)50-45(32-39)51-43-24-14-13-23-40(43)47-44(51)30-29-41-46(37-19-9-3-10-20-37)48(52-49(41)47)38-21-11-4-12-22-38/h1-32H. The van der Waals surface area contributed by atoms with Crippen LogP contribution >= 0.6 is 0 Å². The van der Waals surface area contributed by atoms with Crippen LogP contribution in [-0.4, -0.2) is 9.55 Å². The first-order chi connectivity index (χ1) is 25.8. The molecular weight excluding hydrogens is 633 g/mol. The quantitative estimate of drug-likeness (QED) is 0.177. The zero-order chi connectivity index (χ0) is 34.4. The molecule has 52 heavy (non-hydrogen) atoms. The van der Waals surface area contributed by atoms with Crippen molar-refractivity contribution in [2.24, 2.45) is 0 Å². The molecule has 0 atom stereocenters. The first kappa shape index (κ1) is 29.9. The van der Waals surface area contributed by atoms with Gasteiger partial charge in [-0.25, -0.2) is 4.98 Å². The number of rotatable bonds is 6. The van der Waals surface area contributed by atoms with E-state index in [2.05, 4.69) is 187 Å². The minimum Gasteiger partial charge on any atom is -0.455 e. The SMILES string of the molecule is c1ccc(-c2ccc(-c3cc(-c4ccccc4)nc(-n4c5ccccc5c5c6oc(-c7ccccc7)c(-c7ccccc7)c6ccc54)c3)cc2)cc1. The fourth-order valence-corrected chi connectivity index (χ4v) is 7.58. The fourth-order valence-electron chi connectivity index (χ4n) is 7.58. The predicted octanol–water partition coefficient (Wildman–Crippen LogP) is 13.3. The van der Waals surface area contributed by atoms with Gasteiger partial charge in [-0.15, -0.1) is 0 Å². The van der Waals surface area contributed by atoms with Crippen LogP contribution in [0.25, 0.3) is 94.6 Å². The molecule has 0 aliphatic rings. The molecule has 3 aromatic heterocycles. The zero-order valence-corrected chi connectivity index (χ0v) is 28.3. The van der Waals surface area contributed by atoms with Crippen molar-refractivity contribution >= 4 is 32.8 Å². The van der Waals surface area contributed by atoms with E-state index in [9.17, 15) is 0 Å². The lowest BCUT2D eigenvalue weighted by Crippen LogP contribution is -2.00. The Morgan fingerprint density at radius 3 is 1.60 bits per heavy atom. The summed E-state index contributed by atoms with van der Waals surface area (Å²) in [4.78, 5) is 5.37. The maximum Gasteiger partial charge on any atom is 0.145 e. The van der Waals surface area contributed by atoms with Crippen molar-refractivity contribution in [3.63, 3.8) is 0 Å². The molecule has 0 unspecified atom stereocenters. The van der Waals surface area contributed by atoms with E-state index < -0.39 is 0 Å². The van der Waals surface area contributed by atoms with E-state index in [-0.39, 0.29) is 0 Å². The Morgan fingerprint density at radius 2 is 0.923 bits per heavy atom. The molecule has 0 radical (unpaired) electrons. The van der Waals surface area contributed by atoms with Gasteiger partial charge < -0.3 is 4.42 Å². The number of fused-ring (bicyclic) bond motifs is 5. The van der Waals surface area contributed by atoms with Crippen molar-refractivity contribution in [2.75, 3.05) is 0 Å². The van der Waals surface area contributed by atoms with Gasteiger partial charge in [0.25, 0.3) is 0 Å². The second-order valence-corrected chi connectivity index (χ2v) is 13.1. The van der Waals surface area contributed by atoms with Crippen LogP contribution in [-0.2, 0) is 0 Å². The number of para-hydroxylation sites is 1. The normalized spacial score (nSPS) is 11.5. The molecule has 3 nitrogen and oxygen atoms in total. The third kappa shape index (κ3) is 5.02. The summed E-state index contributed by atoms with van der Waals surface area (Å²) in [5.74, 6) is 1.73. The summed E-state index contributed by atoms with van der Waals surface area (Å²) in [7, 11) is 0. The maximum atomic E-state index is 7.01. The molecule has 0 spiro atoms. The summed E-state index contributed by atoms with van der Waals surface area (Å²) in [6.45, 7) is 0. The first-order valence-electron chi connectivity index (χ1n) is 17.6. The van der Waals surface area contributed by atoms with E-state index in [1.165, 1.54) is 11.1 Å². The molecule has 244 valence electrons. The van der Waals surface area contributed by atoms with Crippen LogP contribution in [0.15, 0.2) is 199 Å². The number of aromatic nitrogens is 2. The summed E-state index contributed by atoms with van der Waals surface area (Å²) >= 11 is 0. The molecule has 7 aromatic carbocycles. The summed E-state index contributed by atoms with van der Waals surface area (Å²) in [5.41, 5.74) is 12.9. The van der Waals surface area contributed by atoms with Crippen molar-refractivity contribution in [3.05, 3.63) is 194 Å². The van der Waals surface area contributed by atoms with Gasteiger partial charge in [0.2, 0.25) is 0 Å². The van der Waals surface area contributed by atoms with Gasteiger partial charge in [-0.1, -0.05) is 164 Å². The summed E-state index contributed by atoms with van der Waals surface area (Å²) < 4.78 is 9.31. The molecule has 0 bridgehead atoms. The topological polar surface area (TPSA) is 31.0 Å². The van der Waals surface area contributed by atoms with Crippen LogP contribution < -0.4 is 0 Å². The molecule has 3 heterocycles. The van der Waals surface area contributed by atoms with Crippen LogP contribution in [0.2, 0.25) is 0 Å². The Bertz CT molecular complexity index is 2850. The van der Waals surface area contributed by atoms with Crippen molar-refractivity contribution in [2.45, 2.75) is 0 Å². The highest BCUT2D eigenvalue weighted by Crippen LogP contribution is 2.46. The lowest BCUT2D eigenvalue weighted by molar-refractivity contribution is 0.636. The number of hydrogen-bond donors (Lipinski definition) is 0. The second-order valence-electron chi connectivity index (χ2n) is 13.1. The third-order valence-corrected chi connectivity index (χ3v) is 10.0. The van der Waals surface area contributed by atoms with Crippen molar-refractivity contribution in [1.82, 2.24) is 9.55 Å². The van der Waals surface area contributed by atoms with Crippen molar-refractivity contribution in [3.8, 4) is 61.8 Å². The fraction of sp³-hybridized carbons (Fsp3) is 0. The number of furan rings is 1. The molecule has 0 fully saturated rings. The first-order valence-corrected chi connectivity index (χ1v) is 17.6. The number of hydrogen-bond acceptors (Lipinski definition) is 2. The van der Waals surface area contributed by atoms with E-state index >= 15 is 0 Å². The van der Waals surface area contributed by atoms with Crippen LogP contribution in [0.3, 0.4) is 0 Å². The van der Waals surface area contributed by atoms with Gasteiger partial charge in [-0.2, -0.15) is 0 Å². The minimum atomic E-state index is 0.854. The third-order valence-electron chi connectivity index (χ3n) is 10.0. The van der Waals surface area contributed by atoms with Gasteiger partial charge in [0.1, 0.15) is 17.2 Å². The average Bonchev–Trinajstić information content (AvgIpc) is 3.79. The van der Waals surface area contributed by atoms with Gasteiger partial charge >= 0.3 is 0 Å². The molecule has 0 aliphatic heterocycles. The van der Waals surface area contributed by atoms with Crippen molar-refractivity contribution in [1.29, 1.82) is 0 Å². The van der Waals surface area contributed by atoms with E-state index in [0.29, 0.717) is 0 Å². The Kier molecular flexibility index (Phi) is 7.14. The van der Waals surface area contributed by atoms with Gasteiger partial charge in [0, 0.05) is 27.5 Å². The number of nitrogens with zero attached hydrogens (tertiary/aromatic N) is 2. The zero-order valence-electron chi connectivity index (χ0n) is 28.3. The molecule has 0 saturated carbocycles.